The number of ether oxygens (including phenoxy) is 1. The normalized spacial score (nSPS) is 13.4. The Kier molecular flexibility index (Phi) is 5.47. The molecule has 1 rings (SSSR count). The zero-order valence-electron chi connectivity index (χ0n) is 10.2. The minimum absolute atomic E-state index is 0.321. The van der Waals surface area contributed by atoms with E-state index in [0.29, 0.717) is 17.9 Å². The van der Waals surface area contributed by atoms with Gasteiger partial charge in [0.2, 0.25) is 0 Å². The van der Waals surface area contributed by atoms with Gasteiger partial charge in [0.15, 0.2) is 0 Å². The smallest absolute Gasteiger partial charge is 0.389 e. The lowest BCUT2D eigenvalue weighted by atomic mass is 10.0. The van der Waals surface area contributed by atoms with E-state index in [9.17, 15) is 18.3 Å². The second-order valence-corrected chi connectivity index (χ2v) is 4.09. The number of benzene rings is 1. The van der Waals surface area contributed by atoms with Gasteiger partial charge in [0.1, 0.15) is 5.75 Å². The maximum atomic E-state index is 12.0. The molecular formula is C13H17F3O2. The van der Waals surface area contributed by atoms with Crippen LogP contribution in [0.5, 0.6) is 5.75 Å². The van der Waals surface area contributed by atoms with Gasteiger partial charge in [0.25, 0.3) is 0 Å². The zero-order chi connectivity index (χ0) is 13.6. The third kappa shape index (κ3) is 5.40. The Hall–Kier alpha value is -1.23. The summed E-state index contributed by atoms with van der Waals surface area (Å²) in [5.41, 5.74) is 0.475. The molecule has 1 unspecified atom stereocenters. The number of halogens is 3. The molecule has 0 aromatic heterocycles. The molecule has 0 aliphatic heterocycles. The molecule has 0 fully saturated rings. The lowest BCUT2D eigenvalue weighted by Gasteiger charge is -2.13. The van der Waals surface area contributed by atoms with Gasteiger partial charge in [-0.2, -0.15) is 13.2 Å². The first-order chi connectivity index (χ1) is 8.42. The Morgan fingerprint density at radius 3 is 2.33 bits per heavy atom. The van der Waals surface area contributed by atoms with E-state index in [2.05, 4.69) is 0 Å². The van der Waals surface area contributed by atoms with E-state index >= 15 is 0 Å². The van der Waals surface area contributed by atoms with Crippen molar-refractivity contribution in [3.05, 3.63) is 29.8 Å². The van der Waals surface area contributed by atoms with Gasteiger partial charge in [-0.3, -0.25) is 0 Å². The molecule has 0 bridgehead atoms. The number of aliphatic hydroxyl groups is 1. The summed E-state index contributed by atoms with van der Waals surface area (Å²) in [7, 11) is 0. The van der Waals surface area contributed by atoms with Crippen molar-refractivity contribution < 1.29 is 23.0 Å². The highest BCUT2D eigenvalue weighted by molar-refractivity contribution is 5.28. The van der Waals surface area contributed by atoms with Crippen molar-refractivity contribution >= 4 is 0 Å². The Labute approximate surface area is 104 Å². The molecule has 1 N–H and O–H groups in total. The quantitative estimate of drug-likeness (QED) is 0.843. The topological polar surface area (TPSA) is 29.5 Å². The number of rotatable bonds is 6. The fraction of sp³-hybridized carbons (Fsp3) is 0.538. The van der Waals surface area contributed by atoms with Crippen molar-refractivity contribution in [3.63, 3.8) is 0 Å². The van der Waals surface area contributed by atoms with Crippen molar-refractivity contribution in [2.24, 2.45) is 0 Å². The molecule has 1 aromatic rings. The van der Waals surface area contributed by atoms with Gasteiger partial charge in [-0.25, -0.2) is 0 Å². The summed E-state index contributed by atoms with van der Waals surface area (Å²) >= 11 is 0. The zero-order valence-corrected chi connectivity index (χ0v) is 10.2. The third-order valence-corrected chi connectivity index (χ3v) is 2.44. The molecular weight excluding hydrogens is 245 g/mol. The molecule has 0 spiro atoms. The molecule has 1 atom stereocenters. The standard InChI is InChI=1S/C13H17F3O2/c1-2-9-18-11-5-3-10(4-6-11)12(17)7-8-13(14,15)16/h3-6,12,17H,2,7-9H2,1H3. The first-order valence-corrected chi connectivity index (χ1v) is 5.90. The van der Waals surface area contributed by atoms with Crippen LogP contribution < -0.4 is 4.74 Å². The highest BCUT2D eigenvalue weighted by Crippen LogP contribution is 2.28. The molecule has 1 aromatic carbocycles. The molecule has 0 aliphatic rings. The molecule has 0 aliphatic carbocycles. The van der Waals surface area contributed by atoms with Crippen LogP contribution in [0.4, 0.5) is 13.2 Å². The van der Waals surface area contributed by atoms with Crippen LogP contribution in [-0.2, 0) is 0 Å². The number of alkyl halides is 3. The molecule has 18 heavy (non-hydrogen) atoms. The van der Waals surface area contributed by atoms with Gasteiger partial charge in [0, 0.05) is 6.42 Å². The first-order valence-electron chi connectivity index (χ1n) is 5.90. The summed E-state index contributed by atoms with van der Waals surface area (Å²) in [5.74, 6) is 0.656. The maximum absolute atomic E-state index is 12.0. The predicted octanol–water partition coefficient (Wildman–Crippen LogP) is 3.85. The van der Waals surface area contributed by atoms with Gasteiger partial charge in [0.05, 0.1) is 12.7 Å². The SMILES string of the molecule is CCCOc1ccc(C(O)CCC(F)(F)F)cc1. The minimum atomic E-state index is -4.23. The van der Waals surface area contributed by atoms with Crippen LogP contribution in [0, 0.1) is 0 Å². The summed E-state index contributed by atoms with van der Waals surface area (Å²) < 4.78 is 41.4. The van der Waals surface area contributed by atoms with Crippen LogP contribution in [0.3, 0.4) is 0 Å². The largest absolute Gasteiger partial charge is 0.494 e. The van der Waals surface area contributed by atoms with Gasteiger partial charge < -0.3 is 9.84 Å². The van der Waals surface area contributed by atoms with Crippen LogP contribution in [0.2, 0.25) is 0 Å². The van der Waals surface area contributed by atoms with Crippen molar-refractivity contribution in [1.29, 1.82) is 0 Å². The van der Waals surface area contributed by atoms with Crippen LogP contribution in [0.25, 0.3) is 0 Å². The summed E-state index contributed by atoms with van der Waals surface area (Å²) in [6.45, 7) is 2.57. The minimum Gasteiger partial charge on any atom is -0.494 e. The van der Waals surface area contributed by atoms with Crippen LogP contribution >= 0.6 is 0 Å². The molecule has 0 saturated heterocycles. The summed E-state index contributed by atoms with van der Waals surface area (Å²) in [6.07, 6.45) is -5.74. The Balaban J connectivity index is 2.51. The first kappa shape index (κ1) is 14.8. The molecule has 2 nitrogen and oxygen atoms in total. The highest BCUT2D eigenvalue weighted by Gasteiger charge is 2.28. The number of aliphatic hydroxyl groups excluding tert-OH is 1. The fourth-order valence-corrected chi connectivity index (χ4v) is 1.47. The average Bonchev–Trinajstić information content (AvgIpc) is 2.33. The van der Waals surface area contributed by atoms with Gasteiger partial charge >= 0.3 is 6.18 Å². The van der Waals surface area contributed by atoms with Gasteiger partial charge in [-0.15, -0.1) is 0 Å². The van der Waals surface area contributed by atoms with Crippen molar-refractivity contribution in [2.75, 3.05) is 6.61 Å². The van der Waals surface area contributed by atoms with Crippen LogP contribution in [0.15, 0.2) is 24.3 Å². The second-order valence-electron chi connectivity index (χ2n) is 4.09. The summed E-state index contributed by atoms with van der Waals surface area (Å²) in [5, 5.41) is 9.61. The molecule has 102 valence electrons. The molecule has 0 radical (unpaired) electrons. The van der Waals surface area contributed by atoms with E-state index in [0.717, 1.165) is 6.42 Å². The van der Waals surface area contributed by atoms with E-state index in [4.69, 9.17) is 4.74 Å². The van der Waals surface area contributed by atoms with E-state index in [1.807, 2.05) is 6.92 Å². The Morgan fingerprint density at radius 2 is 1.83 bits per heavy atom. The van der Waals surface area contributed by atoms with Crippen molar-refractivity contribution in [1.82, 2.24) is 0 Å². The van der Waals surface area contributed by atoms with Crippen LogP contribution in [0.1, 0.15) is 37.9 Å². The van der Waals surface area contributed by atoms with Crippen LogP contribution in [-0.4, -0.2) is 17.9 Å². The maximum Gasteiger partial charge on any atom is 0.389 e. The lowest BCUT2D eigenvalue weighted by molar-refractivity contribution is -0.140. The highest BCUT2D eigenvalue weighted by atomic mass is 19.4. The van der Waals surface area contributed by atoms with E-state index in [1.165, 1.54) is 0 Å². The monoisotopic (exact) mass is 262 g/mol. The van der Waals surface area contributed by atoms with Crippen molar-refractivity contribution in [2.45, 2.75) is 38.5 Å². The third-order valence-electron chi connectivity index (χ3n) is 2.44. The number of hydrogen-bond donors (Lipinski definition) is 1. The van der Waals surface area contributed by atoms with Gasteiger partial charge in [-0.05, 0) is 30.5 Å². The summed E-state index contributed by atoms with van der Waals surface area (Å²) in [4.78, 5) is 0. The molecule has 5 heteroatoms. The average molecular weight is 262 g/mol. The lowest BCUT2D eigenvalue weighted by Crippen LogP contribution is -2.10. The predicted molar refractivity (Wildman–Crippen MR) is 62.5 cm³/mol. The summed E-state index contributed by atoms with van der Waals surface area (Å²) in [6, 6.07) is 6.49. The van der Waals surface area contributed by atoms with Crippen molar-refractivity contribution in [3.8, 4) is 5.75 Å². The molecule has 0 heterocycles. The molecule has 0 amide bonds. The molecule has 0 saturated carbocycles. The Bertz CT molecular complexity index is 346. The van der Waals surface area contributed by atoms with E-state index in [1.54, 1.807) is 24.3 Å². The number of hydrogen-bond acceptors (Lipinski definition) is 2. The van der Waals surface area contributed by atoms with E-state index < -0.39 is 18.7 Å². The van der Waals surface area contributed by atoms with E-state index in [-0.39, 0.29) is 6.42 Å². The second kappa shape index (κ2) is 6.64. The Morgan fingerprint density at radius 1 is 1.22 bits per heavy atom. The van der Waals surface area contributed by atoms with Gasteiger partial charge in [-0.1, -0.05) is 19.1 Å². The fourth-order valence-electron chi connectivity index (χ4n) is 1.47.